The molecule has 0 bridgehead atoms. The van der Waals surface area contributed by atoms with Crippen LogP contribution in [0.2, 0.25) is 5.02 Å². The van der Waals surface area contributed by atoms with Crippen molar-refractivity contribution in [1.82, 2.24) is 5.32 Å². The number of benzene rings is 1. The average molecular weight is 299 g/mol. The molecule has 1 aromatic carbocycles. The van der Waals surface area contributed by atoms with E-state index in [1.165, 1.54) is 0 Å². The number of piperidine rings is 1. The van der Waals surface area contributed by atoms with Gasteiger partial charge in [0.2, 0.25) is 0 Å². The largest absolute Gasteiger partial charge is 0.480 e. The fraction of sp³-hybridized carbons (Fsp3) is 0.500. The Balaban J connectivity index is 1.89. The number of para-hydroxylation sites is 1. The maximum absolute atomic E-state index is 10.9. The molecular formula is C14H19ClN2O3. The van der Waals surface area contributed by atoms with Crippen LogP contribution in [0.25, 0.3) is 0 Å². The van der Waals surface area contributed by atoms with Crippen LogP contribution in [0.15, 0.2) is 24.3 Å². The number of aliphatic hydroxyl groups is 1. The summed E-state index contributed by atoms with van der Waals surface area (Å²) in [6.07, 6.45) is 1.66. The van der Waals surface area contributed by atoms with Gasteiger partial charge in [-0.25, -0.2) is 0 Å². The minimum Gasteiger partial charge on any atom is -0.480 e. The molecule has 0 saturated carbocycles. The van der Waals surface area contributed by atoms with Gasteiger partial charge in [0.25, 0.3) is 0 Å². The third-order valence-electron chi connectivity index (χ3n) is 3.61. The van der Waals surface area contributed by atoms with Crippen molar-refractivity contribution in [2.45, 2.75) is 24.9 Å². The third kappa shape index (κ3) is 3.62. The second kappa shape index (κ2) is 6.92. The number of aliphatic hydroxyl groups excluding tert-OH is 1. The van der Waals surface area contributed by atoms with Crippen LogP contribution in [0, 0.1) is 0 Å². The molecule has 20 heavy (non-hydrogen) atoms. The van der Waals surface area contributed by atoms with Crippen LogP contribution in [-0.2, 0) is 4.79 Å². The lowest BCUT2D eigenvalue weighted by Gasteiger charge is -2.35. The molecule has 1 saturated heterocycles. The molecule has 0 aromatic heterocycles. The summed E-state index contributed by atoms with van der Waals surface area (Å²) in [5, 5.41) is 21.7. The van der Waals surface area contributed by atoms with Crippen LogP contribution < -0.4 is 10.2 Å². The summed E-state index contributed by atoms with van der Waals surface area (Å²) in [6, 6.07) is 6.95. The van der Waals surface area contributed by atoms with E-state index >= 15 is 0 Å². The molecule has 1 fully saturated rings. The SMILES string of the molecule is O=C(O)C(CO)NC1CCN(c2ccccc2Cl)CC1. The number of rotatable bonds is 5. The summed E-state index contributed by atoms with van der Waals surface area (Å²) in [4.78, 5) is 13.1. The highest BCUT2D eigenvalue weighted by atomic mass is 35.5. The molecule has 1 aliphatic heterocycles. The van der Waals surface area contributed by atoms with Crippen molar-refractivity contribution >= 4 is 23.3 Å². The lowest BCUT2D eigenvalue weighted by Crippen LogP contribution is -2.50. The highest BCUT2D eigenvalue weighted by molar-refractivity contribution is 6.33. The number of aliphatic carboxylic acids is 1. The molecule has 1 unspecified atom stereocenters. The topological polar surface area (TPSA) is 72.8 Å². The zero-order valence-corrected chi connectivity index (χ0v) is 11.9. The van der Waals surface area contributed by atoms with Crippen molar-refractivity contribution in [2.75, 3.05) is 24.6 Å². The van der Waals surface area contributed by atoms with Gasteiger partial charge in [0.1, 0.15) is 6.04 Å². The number of carboxylic acids is 1. The van der Waals surface area contributed by atoms with Crippen LogP contribution in [0.4, 0.5) is 5.69 Å². The van der Waals surface area contributed by atoms with E-state index in [9.17, 15) is 4.79 Å². The molecule has 3 N–H and O–H groups in total. The number of halogens is 1. The number of nitrogens with one attached hydrogen (secondary N) is 1. The Morgan fingerprint density at radius 1 is 1.40 bits per heavy atom. The molecular weight excluding hydrogens is 280 g/mol. The van der Waals surface area contributed by atoms with Gasteiger partial charge in [-0.15, -0.1) is 0 Å². The maximum Gasteiger partial charge on any atom is 0.323 e. The van der Waals surface area contributed by atoms with E-state index in [0.29, 0.717) is 0 Å². The lowest BCUT2D eigenvalue weighted by atomic mass is 10.0. The number of carbonyl (C=O) groups is 1. The Labute approximate surface area is 123 Å². The van der Waals surface area contributed by atoms with E-state index in [0.717, 1.165) is 36.6 Å². The van der Waals surface area contributed by atoms with Gasteiger partial charge in [-0.2, -0.15) is 0 Å². The van der Waals surface area contributed by atoms with Gasteiger partial charge in [-0.05, 0) is 25.0 Å². The lowest BCUT2D eigenvalue weighted by molar-refractivity contribution is -0.140. The number of nitrogens with zero attached hydrogens (tertiary/aromatic N) is 1. The van der Waals surface area contributed by atoms with Gasteiger partial charge in [-0.3, -0.25) is 10.1 Å². The number of hydrogen-bond acceptors (Lipinski definition) is 4. The van der Waals surface area contributed by atoms with Gasteiger partial charge < -0.3 is 15.1 Å². The highest BCUT2D eigenvalue weighted by Gasteiger charge is 2.25. The second-order valence-electron chi connectivity index (χ2n) is 4.95. The minimum absolute atomic E-state index is 0.113. The summed E-state index contributed by atoms with van der Waals surface area (Å²) in [7, 11) is 0. The maximum atomic E-state index is 10.9. The van der Waals surface area contributed by atoms with Gasteiger partial charge in [0, 0.05) is 19.1 Å². The normalized spacial score (nSPS) is 18.0. The molecule has 2 rings (SSSR count). The van der Waals surface area contributed by atoms with E-state index in [4.69, 9.17) is 21.8 Å². The first-order valence-corrected chi connectivity index (χ1v) is 7.09. The van der Waals surface area contributed by atoms with Gasteiger partial charge in [0.15, 0.2) is 0 Å². The Morgan fingerprint density at radius 2 is 2.05 bits per heavy atom. The number of hydrogen-bond donors (Lipinski definition) is 3. The molecule has 0 radical (unpaired) electrons. The van der Waals surface area contributed by atoms with Crippen LogP contribution in [-0.4, -0.2) is 48.0 Å². The Kier molecular flexibility index (Phi) is 5.23. The smallest absolute Gasteiger partial charge is 0.323 e. The minimum atomic E-state index is -1.01. The van der Waals surface area contributed by atoms with Gasteiger partial charge >= 0.3 is 5.97 Å². The predicted octanol–water partition coefficient (Wildman–Crippen LogP) is 1.34. The average Bonchev–Trinajstić information content (AvgIpc) is 2.46. The zero-order chi connectivity index (χ0) is 14.5. The fourth-order valence-corrected chi connectivity index (χ4v) is 2.74. The van der Waals surface area contributed by atoms with Crippen LogP contribution in [0.5, 0.6) is 0 Å². The third-order valence-corrected chi connectivity index (χ3v) is 3.93. The van der Waals surface area contributed by atoms with Crippen molar-refractivity contribution < 1.29 is 15.0 Å². The number of anilines is 1. The van der Waals surface area contributed by atoms with Crippen molar-refractivity contribution in [3.63, 3.8) is 0 Å². The molecule has 1 heterocycles. The van der Waals surface area contributed by atoms with Gasteiger partial charge in [0.05, 0.1) is 17.3 Å². The summed E-state index contributed by atoms with van der Waals surface area (Å²) in [5.41, 5.74) is 1.02. The van der Waals surface area contributed by atoms with E-state index in [1.54, 1.807) is 0 Å². The van der Waals surface area contributed by atoms with Crippen molar-refractivity contribution in [1.29, 1.82) is 0 Å². The summed E-state index contributed by atoms with van der Waals surface area (Å²) in [6.45, 7) is 1.25. The Bertz CT molecular complexity index is 461. The Morgan fingerprint density at radius 3 is 2.60 bits per heavy atom. The summed E-state index contributed by atoms with van der Waals surface area (Å²) < 4.78 is 0. The van der Waals surface area contributed by atoms with Gasteiger partial charge in [-0.1, -0.05) is 23.7 Å². The quantitative estimate of drug-likeness (QED) is 0.765. The summed E-state index contributed by atoms with van der Waals surface area (Å²) >= 11 is 6.17. The molecule has 6 heteroatoms. The van der Waals surface area contributed by atoms with E-state index in [1.807, 2.05) is 24.3 Å². The van der Waals surface area contributed by atoms with Crippen molar-refractivity contribution in [3.8, 4) is 0 Å². The first-order valence-electron chi connectivity index (χ1n) is 6.71. The monoisotopic (exact) mass is 298 g/mol. The molecule has 0 amide bonds. The number of carboxylic acid groups (broad SMARTS) is 1. The molecule has 5 nitrogen and oxygen atoms in total. The van der Waals surface area contributed by atoms with Crippen molar-refractivity contribution in [2.24, 2.45) is 0 Å². The highest BCUT2D eigenvalue weighted by Crippen LogP contribution is 2.27. The first kappa shape index (κ1) is 15.1. The van der Waals surface area contributed by atoms with Crippen molar-refractivity contribution in [3.05, 3.63) is 29.3 Å². The predicted molar refractivity (Wildman–Crippen MR) is 78.3 cm³/mol. The standard InChI is InChI=1S/C14H19ClN2O3/c15-11-3-1-2-4-13(11)17-7-5-10(6-8-17)16-12(9-18)14(19)20/h1-4,10,12,16,18H,5-9H2,(H,19,20). The van der Waals surface area contributed by atoms with E-state index in [-0.39, 0.29) is 12.6 Å². The van der Waals surface area contributed by atoms with Crippen LogP contribution >= 0.6 is 11.6 Å². The van der Waals surface area contributed by atoms with Crippen LogP contribution in [0.1, 0.15) is 12.8 Å². The molecule has 0 spiro atoms. The molecule has 1 aliphatic rings. The molecule has 110 valence electrons. The molecule has 1 aromatic rings. The fourth-order valence-electron chi connectivity index (χ4n) is 2.48. The zero-order valence-electron chi connectivity index (χ0n) is 11.1. The Hall–Kier alpha value is -1.30. The first-order chi connectivity index (χ1) is 9.61. The summed E-state index contributed by atoms with van der Waals surface area (Å²) in [5.74, 6) is -1.01. The molecule has 1 atom stereocenters. The van der Waals surface area contributed by atoms with E-state index in [2.05, 4.69) is 10.2 Å². The molecule has 0 aliphatic carbocycles. The van der Waals surface area contributed by atoms with E-state index < -0.39 is 12.0 Å². The second-order valence-corrected chi connectivity index (χ2v) is 5.36. The van der Waals surface area contributed by atoms with Crippen LogP contribution in [0.3, 0.4) is 0 Å².